The van der Waals surface area contributed by atoms with Crippen molar-refractivity contribution >= 4 is 44.0 Å². The van der Waals surface area contributed by atoms with Crippen molar-refractivity contribution in [3.63, 3.8) is 0 Å². The molecule has 1 aromatic heterocycles. The van der Waals surface area contributed by atoms with Gasteiger partial charge in [-0.05, 0) is 19.4 Å². The Kier molecular flexibility index (Phi) is 3.36. The molecular formula is C11H11Br2N3O. The van der Waals surface area contributed by atoms with Crippen LogP contribution in [0.4, 0.5) is 0 Å². The molecule has 1 N–H and O–H groups in total. The number of alkyl halides is 2. The van der Waals surface area contributed by atoms with E-state index in [9.17, 15) is 4.79 Å². The number of hydrogen-bond donors (Lipinski definition) is 1. The van der Waals surface area contributed by atoms with Crippen LogP contribution in [-0.2, 0) is 4.79 Å². The number of nitrogens with zero attached hydrogens (tertiary/aromatic N) is 2. The van der Waals surface area contributed by atoms with Crippen molar-refractivity contribution in [2.45, 2.75) is 16.6 Å². The van der Waals surface area contributed by atoms with Crippen LogP contribution in [0.2, 0.25) is 0 Å². The quantitative estimate of drug-likeness (QED) is 0.511. The fourth-order valence-electron chi connectivity index (χ4n) is 1.39. The highest BCUT2D eigenvalue weighted by molar-refractivity contribution is 9.25. The van der Waals surface area contributed by atoms with Crippen LogP contribution in [0.3, 0.4) is 0 Å². The van der Waals surface area contributed by atoms with E-state index in [1.165, 1.54) is 0 Å². The molecule has 0 bridgehead atoms. The first-order valence-electron chi connectivity index (χ1n) is 5.07. The number of hydrazone groups is 1. The third-order valence-corrected chi connectivity index (χ3v) is 5.13. The average Bonchev–Trinajstić information content (AvgIpc) is 2.81. The summed E-state index contributed by atoms with van der Waals surface area (Å²) >= 11 is 6.88. The highest BCUT2D eigenvalue weighted by Crippen LogP contribution is 2.66. The number of carbonyl (C=O) groups is 1. The molecule has 1 heterocycles. The normalized spacial score (nSPS) is 25.8. The van der Waals surface area contributed by atoms with Crippen LogP contribution >= 0.6 is 31.9 Å². The molecule has 90 valence electrons. The molecule has 1 saturated carbocycles. The SMILES string of the molecule is C[C@@]1(C(=O)N/N=C\c2cccnc2)CC1(Br)Br. The highest BCUT2D eigenvalue weighted by Gasteiger charge is 2.66. The smallest absolute Gasteiger partial charge is 0.248 e. The maximum atomic E-state index is 11.8. The molecule has 0 radical (unpaired) electrons. The molecule has 1 atom stereocenters. The monoisotopic (exact) mass is 359 g/mol. The Bertz CT molecular complexity index is 461. The summed E-state index contributed by atoms with van der Waals surface area (Å²) in [5, 5.41) is 3.91. The summed E-state index contributed by atoms with van der Waals surface area (Å²) in [7, 11) is 0. The van der Waals surface area contributed by atoms with Gasteiger partial charge in [0.2, 0.25) is 5.91 Å². The molecule has 0 unspecified atom stereocenters. The molecular weight excluding hydrogens is 350 g/mol. The zero-order valence-electron chi connectivity index (χ0n) is 9.15. The summed E-state index contributed by atoms with van der Waals surface area (Å²) in [6.07, 6.45) is 5.67. The summed E-state index contributed by atoms with van der Waals surface area (Å²) in [5.41, 5.74) is 2.93. The number of hydrogen-bond acceptors (Lipinski definition) is 3. The van der Waals surface area contributed by atoms with E-state index in [1.54, 1.807) is 18.6 Å². The van der Waals surface area contributed by atoms with Crippen molar-refractivity contribution in [3.05, 3.63) is 30.1 Å². The largest absolute Gasteiger partial charge is 0.272 e. The Hall–Kier alpha value is -0.750. The van der Waals surface area contributed by atoms with Gasteiger partial charge in [-0.25, -0.2) is 5.43 Å². The number of amides is 1. The number of rotatable bonds is 3. The average molecular weight is 361 g/mol. The van der Waals surface area contributed by atoms with Gasteiger partial charge in [0, 0.05) is 18.0 Å². The topological polar surface area (TPSA) is 54.4 Å². The molecule has 0 spiro atoms. The van der Waals surface area contributed by atoms with Crippen LogP contribution in [0, 0.1) is 5.41 Å². The van der Waals surface area contributed by atoms with E-state index in [4.69, 9.17) is 0 Å². The number of aromatic nitrogens is 1. The third-order valence-electron chi connectivity index (χ3n) is 2.82. The Morgan fingerprint density at radius 3 is 2.88 bits per heavy atom. The van der Waals surface area contributed by atoms with Gasteiger partial charge in [-0.15, -0.1) is 0 Å². The van der Waals surface area contributed by atoms with E-state index in [2.05, 4.69) is 47.4 Å². The van der Waals surface area contributed by atoms with Gasteiger partial charge in [0.25, 0.3) is 0 Å². The minimum Gasteiger partial charge on any atom is -0.272 e. The van der Waals surface area contributed by atoms with E-state index >= 15 is 0 Å². The zero-order valence-corrected chi connectivity index (χ0v) is 12.3. The van der Waals surface area contributed by atoms with E-state index < -0.39 is 5.41 Å². The maximum Gasteiger partial charge on any atom is 0.248 e. The van der Waals surface area contributed by atoms with Gasteiger partial charge >= 0.3 is 0 Å². The second-order valence-electron chi connectivity index (χ2n) is 4.20. The maximum absolute atomic E-state index is 11.8. The van der Waals surface area contributed by atoms with E-state index in [-0.39, 0.29) is 9.14 Å². The van der Waals surface area contributed by atoms with Gasteiger partial charge in [0.1, 0.15) is 0 Å². The lowest BCUT2D eigenvalue weighted by atomic mass is 10.1. The second-order valence-corrected chi connectivity index (χ2v) is 7.97. The lowest BCUT2D eigenvalue weighted by Crippen LogP contribution is -2.29. The molecule has 2 rings (SSSR count). The van der Waals surface area contributed by atoms with Gasteiger partial charge in [-0.1, -0.05) is 37.9 Å². The predicted octanol–water partition coefficient (Wildman–Crippen LogP) is 2.43. The third kappa shape index (κ3) is 2.57. The molecule has 6 heteroatoms. The first-order chi connectivity index (χ1) is 7.96. The number of carbonyl (C=O) groups excluding carboxylic acids is 1. The Morgan fingerprint density at radius 1 is 1.65 bits per heavy atom. The van der Waals surface area contributed by atoms with Crippen LogP contribution in [0.15, 0.2) is 29.6 Å². The minimum atomic E-state index is -0.445. The minimum absolute atomic E-state index is 0.105. The predicted molar refractivity (Wildman–Crippen MR) is 73.3 cm³/mol. The lowest BCUT2D eigenvalue weighted by molar-refractivity contribution is -0.125. The molecule has 1 aliphatic carbocycles. The molecule has 4 nitrogen and oxygen atoms in total. The molecule has 0 saturated heterocycles. The van der Waals surface area contributed by atoms with Crippen LogP contribution in [0.5, 0.6) is 0 Å². The fourth-order valence-corrected chi connectivity index (χ4v) is 2.87. The molecule has 0 aliphatic heterocycles. The molecule has 0 aromatic carbocycles. The van der Waals surface area contributed by atoms with Gasteiger partial charge in [-0.3, -0.25) is 9.78 Å². The number of pyridine rings is 1. The molecule has 1 fully saturated rings. The fraction of sp³-hybridized carbons (Fsp3) is 0.364. The summed E-state index contributed by atoms with van der Waals surface area (Å²) in [6.45, 7) is 1.88. The Balaban J connectivity index is 1.92. The van der Waals surface area contributed by atoms with E-state index in [0.717, 1.165) is 12.0 Å². The Labute approximate surface area is 116 Å². The van der Waals surface area contributed by atoms with Crippen molar-refractivity contribution in [2.24, 2.45) is 10.5 Å². The van der Waals surface area contributed by atoms with Gasteiger partial charge in [0.15, 0.2) is 0 Å². The standard InChI is InChI=1S/C11H11Br2N3O/c1-10(7-11(10,12)13)9(17)16-15-6-8-3-2-4-14-5-8/h2-6H,7H2,1H3,(H,16,17)/b15-6-/t10-/m0/s1. The van der Waals surface area contributed by atoms with Gasteiger partial charge < -0.3 is 0 Å². The summed E-state index contributed by atoms with van der Waals surface area (Å²) < 4.78 is -0.291. The van der Waals surface area contributed by atoms with Gasteiger partial charge in [-0.2, -0.15) is 5.10 Å². The molecule has 1 amide bonds. The van der Waals surface area contributed by atoms with Crippen molar-refractivity contribution in [1.82, 2.24) is 10.4 Å². The molecule has 17 heavy (non-hydrogen) atoms. The number of nitrogens with one attached hydrogen (secondary N) is 1. The molecule has 1 aromatic rings. The zero-order chi connectivity index (χ0) is 12.5. The Morgan fingerprint density at radius 2 is 2.35 bits per heavy atom. The van der Waals surface area contributed by atoms with Gasteiger partial charge in [0.05, 0.1) is 14.9 Å². The van der Waals surface area contributed by atoms with Crippen LogP contribution in [0.1, 0.15) is 18.9 Å². The van der Waals surface area contributed by atoms with E-state index in [0.29, 0.717) is 0 Å². The van der Waals surface area contributed by atoms with Crippen molar-refractivity contribution in [1.29, 1.82) is 0 Å². The van der Waals surface area contributed by atoms with Crippen LogP contribution in [0.25, 0.3) is 0 Å². The highest BCUT2D eigenvalue weighted by atomic mass is 79.9. The van der Waals surface area contributed by atoms with Crippen molar-refractivity contribution < 1.29 is 4.79 Å². The first-order valence-corrected chi connectivity index (χ1v) is 6.66. The summed E-state index contributed by atoms with van der Waals surface area (Å²) in [6, 6.07) is 3.67. The molecule has 1 aliphatic rings. The van der Waals surface area contributed by atoms with Crippen LogP contribution < -0.4 is 5.43 Å². The lowest BCUT2D eigenvalue weighted by Gasteiger charge is -2.09. The van der Waals surface area contributed by atoms with E-state index in [1.807, 2.05) is 19.1 Å². The first kappa shape index (κ1) is 12.7. The summed E-state index contributed by atoms with van der Waals surface area (Å²) in [4.78, 5) is 15.8. The summed E-state index contributed by atoms with van der Waals surface area (Å²) in [5.74, 6) is -0.105. The second kappa shape index (κ2) is 4.49. The van der Waals surface area contributed by atoms with Crippen molar-refractivity contribution in [3.8, 4) is 0 Å². The van der Waals surface area contributed by atoms with Crippen LogP contribution in [-0.4, -0.2) is 20.3 Å². The van der Waals surface area contributed by atoms with Crippen molar-refractivity contribution in [2.75, 3.05) is 0 Å². The number of halogens is 2.